The zero-order valence-corrected chi connectivity index (χ0v) is 8.11. The van der Waals surface area contributed by atoms with Gasteiger partial charge in [-0.15, -0.1) is 0 Å². The van der Waals surface area contributed by atoms with E-state index in [1.165, 1.54) is 0 Å². The van der Waals surface area contributed by atoms with Crippen molar-refractivity contribution in [2.45, 2.75) is 5.60 Å². The second-order valence-corrected chi connectivity index (χ2v) is 3.76. The van der Waals surface area contributed by atoms with Gasteiger partial charge in [-0.05, 0) is 12.1 Å². The lowest BCUT2D eigenvalue weighted by Gasteiger charge is -2.47. The molecule has 1 aliphatic heterocycles. The van der Waals surface area contributed by atoms with Crippen molar-refractivity contribution in [2.75, 3.05) is 23.7 Å². The van der Waals surface area contributed by atoms with Gasteiger partial charge in [0.2, 0.25) is 0 Å². The van der Waals surface area contributed by atoms with Gasteiger partial charge in [-0.3, -0.25) is 4.98 Å². The van der Waals surface area contributed by atoms with Crippen molar-refractivity contribution in [1.29, 1.82) is 0 Å². The molecule has 1 fully saturated rings. The molecule has 0 spiro atoms. The summed E-state index contributed by atoms with van der Waals surface area (Å²) in [6, 6.07) is 3.89. The van der Waals surface area contributed by atoms with E-state index in [1.807, 2.05) is 12.1 Å². The summed E-state index contributed by atoms with van der Waals surface area (Å²) in [5.41, 5.74) is 0.522. The van der Waals surface area contributed by atoms with Crippen molar-refractivity contribution in [2.24, 2.45) is 0 Å². The lowest BCUT2D eigenvalue weighted by Crippen LogP contribution is -2.63. The van der Waals surface area contributed by atoms with Crippen LogP contribution in [0, 0.1) is 0 Å². The number of rotatable bonds is 2. The molecule has 70 valence electrons. The largest absolute Gasteiger partial charge is 0.385 e. The minimum atomic E-state index is -0.591. The van der Waals surface area contributed by atoms with Crippen molar-refractivity contribution < 1.29 is 5.11 Å². The summed E-state index contributed by atoms with van der Waals surface area (Å²) in [7, 11) is 0. The van der Waals surface area contributed by atoms with Gasteiger partial charge in [0, 0.05) is 36.9 Å². The molecule has 0 unspecified atom stereocenters. The second kappa shape index (κ2) is 3.20. The van der Waals surface area contributed by atoms with E-state index in [4.69, 9.17) is 0 Å². The molecule has 1 saturated heterocycles. The molecule has 0 amide bonds. The first kappa shape index (κ1) is 8.84. The third-order valence-corrected chi connectivity index (χ3v) is 2.88. The Bertz CT molecular complexity index is 285. The van der Waals surface area contributed by atoms with E-state index in [0.29, 0.717) is 18.8 Å². The van der Waals surface area contributed by atoms with Gasteiger partial charge in [-0.25, -0.2) is 0 Å². The SMILES string of the molecule is OC1(CS)CN(c2ccncc2)C1. The van der Waals surface area contributed by atoms with E-state index < -0.39 is 5.60 Å². The Kier molecular flexibility index (Phi) is 2.17. The van der Waals surface area contributed by atoms with Crippen LogP contribution in [-0.4, -0.2) is 34.5 Å². The van der Waals surface area contributed by atoms with E-state index in [2.05, 4.69) is 22.5 Å². The predicted octanol–water partition coefficient (Wildman–Crippen LogP) is 0.562. The van der Waals surface area contributed by atoms with E-state index in [0.717, 1.165) is 5.69 Å². The van der Waals surface area contributed by atoms with Gasteiger partial charge in [-0.2, -0.15) is 12.6 Å². The summed E-state index contributed by atoms with van der Waals surface area (Å²) in [5, 5.41) is 9.72. The fourth-order valence-corrected chi connectivity index (χ4v) is 1.70. The number of hydrogen-bond acceptors (Lipinski definition) is 4. The summed E-state index contributed by atoms with van der Waals surface area (Å²) in [4.78, 5) is 6.05. The highest BCUT2D eigenvalue weighted by Crippen LogP contribution is 2.27. The Balaban J connectivity index is 2.01. The molecule has 1 N–H and O–H groups in total. The number of anilines is 1. The highest BCUT2D eigenvalue weighted by Gasteiger charge is 2.39. The summed E-state index contributed by atoms with van der Waals surface area (Å²) in [6.07, 6.45) is 3.51. The van der Waals surface area contributed by atoms with Gasteiger partial charge < -0.3 is 10.0 Å². The monoisotopic (exact) mass is 196 g/mol. The first-order chi connectivity index (χ1) is 6.23. The second-order valence-electron chi connectivity index (χ2n) is 3.44. The first-order valence-electron chi connectivity index (χ1n) is 4.22. The molecular formula is C9H12N2OS. The average molecular weight is 196 g/mol. The Hall–Kier alpha value is -0.740. The molecule has 1 aromatic heterocycles. The number of nitrogens with zero attached hydrogens (tertiary/aromatic N) is 2. The van der Waals surface area contributed by atoms with Gasteiger partial charge >= 0.3 is 0 Å². The van der Waals surface area contributed by atoms with E-state index >= 15 is 0 Å². The Morgan fingerprint density at radius 3 is 2.62 bits per heavy atom. The van der Waals surface area contributed by atoms with Gasteiger partial charge in [-0.1, -0.05) is 0 Å². The van der Waals surface area contributed by atoms with E-state index in [1.54, 1.807) is 12.4 Å². The molecule has 1 aliphatic rings. The topological polar surface area (TPSA) is 36.4 Å². The molecule has 0 atom stereocenters. The molecule has 4 heteroatoms. The zero-order chi connectivity index (χ0) is 9.31. The fraction of sp³-hybridized carbons (Fsp3) is 0.444. The number of aliphatic hydroxyl groups is 1. The van der Waals surface area contributed by atoms with Crippen LogP contribution < -0.4 is 4.90 Å². The average Bonchev–Trinajstić information content (AvgIpc) is 2.14. The molecule has 2 heterocycles. The van der Waals surface area contributed by atoms with Crippen molar-refractivity contribution >= 4 is 18.3 Å². The predicted molar refractivity (Wildman–Crippen MR) is 55.3 cm³/mol. The lowest BCUT2D eigenvalue weighted by molar-refractivity contribution is 0.0363. The van der Waals surface area contributed by atoms with Crippen LogP contribution in [0.4, 0.5) is 5.69 Å². The van der Waals surface area contributed by atoms with Crippen LogP contribution in [0.25, 0.3) is 0 Å². The van der Waals surface area contributed by atoms with Gasteiger partial charge in [0.25, 0.3) is 0 Å². The number of aromatic nitrogens is 1. The maximum atomic E-state index is 9.72. The highest BCUT2D eigenvalue weighted by atomic mass is 32.1. The van der Waals surface area contributed by atoms with Crippen LogP contribution in [-0.2, 0) is 0 Å². The van der Waals surface area contributed by atoms with Gasteiger partial charge in [0.15, 0.2) is 0 Å². The summed E-state index contributed by atoms with van der Waals surface area (Å²) in [6.45, 7) is 1.33. The van der Waals surface area contributed by atoms with Crippen LogP contribution in [0.15, 0.2) is 24.5 Å². The van der Waals surface area contributed by atoms with Gasteiger partial charge in [0.1, 0.15) is 5.60 Å². The molecular weight excluding hydrogens is 184 g/mol. The molecule has 3 nitrogen and oxygen atoms in total. The smallest absolute Gasteiger partial charge is 0.108 e. The number of hydrogen-bond donors (Lipinski definition) is 2. The van der Waals surface area contributed by atoms with Crippen LogP contribution in [0.5, 0.6) is 0 Å². The maximum absolute atomic E-state index is 9.72. The van der Waals surface area contributed by atoms with Gasteiger partial charge in [0.05, 0.1) is 0 Å². The van der Waals surface area contributed by atoms with E-state index in [-0.39, 0.29) is 0 Å². The quantitative estimate of drug-likeness (QED) is 0.679. The Morgan fingerprint density at radius 1 is 1.46 bits per heavy atom. The van der Waals surface area contributed by atoms with Crippen LogP contribution in [0.1, 0.15) is 0 Å². The molecule has 0 bridgehead atoms. The standard InChI is InChI=1S/C9H12N2OS/c12-9(7-13)5-11(6-9)8-1-3-10-4-2-8/h1-4,12-13H,5-7H2. The number of pyridine rings is 1. The normalized spacial score (nSPS) is 19.7. The minimum absolute atomic E-state index is 0.522. The third kappa shape index (κ3) is 1.64. The fourth-order valence-electron chi connectivity index (χ4n) is 1.50. The first-order valence-corrected chi connectivity index (χ1v) is 4.85. The zero-order valence-electron chi connectivity index (χ0n) is 7.22. The van der Waals surface area contributed by atoms with Crippen LogP contribution in [0.2, 0.25) is 0 Å². The Morgan fingerprint density at radius 2 is 2.08 bits per heavy atom. The van der Waals surface area contributed by atoms with E-state index in [9.17, 15) is 5.11 Å². The molecule has 13 heavy (non-hydrogen) atoms. The molecule has 0 radical (unpaired) electrons. The number of β-amino-alcohol motifs (C(OH)–C–C–N with tert-alkyl or cyclic N) is 1. The minimum Gasteiger partial charge on any atom is -0.385 e. The van der Waals surface area contributed by atoms with Crippen molar-refractivity contribution in [3.05, 3.63) is 24.5 Å². The maximum Gasteiger partial charge on any atom is 0.108 e. The molecule has 2 rings (SSSR count). The van der Waals surface area contributed by atoms with Crippen molar-refractivity contribution in [3.63, 3.8) is 0 Å². The summed E-state index contributed by atoms with van der Waals surface area (Å²) in [5.74, 6) is 0.522. The van der Waals surface area contributed by atoms with Crippen molar-refractivity contribution in [1.82, 2.24) is 4.98 Å². The highest BCUT2D eigenvalue weighted by molar-refractivity contribution is 7.80. The summed E-state index contributed by atoms with van der Waals surface area (Å²) < 4.78 is 0. The molecule has 0 aromatic carbocycles. The van der Waals surface area contributed by atoms with Crippen LogP contribution in [0.3, 0.4) is 0 Å². The molecule has 0 aliphatic carbocycles. The molecule has 0 saturated carbocycles. The van der Waals surface area contributed by atoms with Crippen LogP contribution >= 0.6 is 12.6 Å². The third-order valence-electron chi connectivity index (χ3n) is 2.29. The molecule has 1 aromatic rings. The number of thiol groups is 1. The Labute approximate surface area is 82.8 Å². The lowest BCUT2D eigenvalue weighted by atomic mass is 9.96. The van der Waals surface area contributed by atoms with Crippen molar-refractivity contribution in [3.8, 4) is 0 Å². The summed E-state index contributed by atoms with van der Waals surface area (Å²) >= 11 is 4.10.